The van der Waals surface area contributed by atoms with Crippen LogP contribution in [0.25, 0.3) is 0 Å². The van der Waals surface area contributed by atoms with Crippen molar-refractivity contribution in [1.82, 2.24) is 16.0 Å². The molecule has 1 aliphatic heterocycles. The molecule has 2 unspecified atom stereocenters. The normalized spacial score (nSPS) is 22.6. The number of carbonyl (C=O) groups excluding carboxylic acids is 1. The maximum Gasteiger partial charge on any atom is 0.238 e. The number of piperazine rings is 1. The highest BCUT2D eigenvalue weighted by Crippen LogP contribution is 2.10. The monoisotopic (exact) mass is 279 g/mol. The Hall–Kier alpha value is -1.46. The number of amides is 1. The summed E-state index contributed by atoms with van der Waals surface area (Å²) < 4.78 is 13.0. The van der Waals surface area contributed by atoms with Gasteiger partial charge in [-0.1, -0.05) is 6.07 Å². The highest BCUT2D eigenvalue weighted by atomic mass is 19.1. The Morgan fingerprint density at radius 2 is 2.20 bits per heavy atom. The van der Waals surface area contributed by atoms with Gasteiger partial charge in [0.2, 0.25) is 5.91 Å². The molecule has 0 radical (unpaired) electrons. The van der Waals surface area contributed by atoms with Gasteiger partial charge in [0.1, 0.15) is 5.82 Å². The highest BCUT2D eigenvalue weighted by molar-refractivity contribution is 5.82. The molecule has 5 heteroatoms. The van der Waals surface area contributed by atoms with Crippen molar-refractivity contribution in [2.75, 3.05) is 19.6 Å². The molecule has 3 N–H and O–H groups in total. The largest absolute Gasteiger partial charge is 0.354 e. The average Bonchev–Trinajstić information content (AvgIpc) is 2.42. The second-order valence-electron chi connectivity index (χ2n) is 5.38. The molecule has 0 aliphatic carbocycles. The van der Waals surface area contributed by atoms with E-state index in [1.165, 1.54) is 12.1 Å². The molecule has 0 bridgehead atoms. The van der Waals surface area contributed by atoms with Crippen LogP contribution in [0.5, 0.6) is 0 Å². The van der Waals surface area contributed by atoms with E-state index in [2.05, 4.69) is 22.9 Å². The standard InChI is InChI=1S/C15H22FN3O/c1-10-7-13(16)4-3-12(10)5-6-17-15(20)14-9-18-11(2)8-19-14/h3-4,7,11,14,18-19H,5-6,8-9H2,1-2H3,(H,17,20). The second-order valence-corrected chi connectivity index (χ2v) is 5.38. The fourth-order valence-corrected chi connectivity index (χ4v) is 2.35. The van der Waals surface area contributed by atoms with Crippen LogP contribution in [0.1, 0.15) is 18.1 Å². The molecule has 4 nitrogen and oxygen atoms in total. The summed E-state index contributed by atoms with van der Waals surface area (Å²) in [6.45, 7) is 5.99. The van der Waals surface area contributed by atoms with Crippen LogP contribution in [0.15, 0.2) is 18.2 Å². The van der Waals surface area contributed by atoms with E-state index in [0.29, 0.717) is 25.6 Å². The molecule has 0 spiro atoms. The van der Waals surface area contributed by atoms with Crippen molar-refractivity contribution < 1.29 is 9.18 Å². The third kappa shape index (κ3) is 4.02. The van der Waals surface area contributed by atoms with E-state index in [0.717, 1.165) is 17.7 Å². The Bertz CT molecular complexity index is 470. The number of halogens is 1. The lowest BCUT2D eigenvalue weighted by Gasteiger charge is -2.28. The first-order valence-corrected chi connectivity index (χ1v) is 7.06. The first-order chi connectivity index (χ1) is 9.56. The van der Waals surface area contributed by atoms with E-state index in [-0.39, 0.29) is 17.8 Å². The van der Waals surface area contributed by atoms with Crippen LogP contribution in [-0.2, 0) is 11.2 Å². The molecule has 0 saturated carbocycles. The Kier molecular flexibility index (Phi) is 5.09. The molecule has 1 saturated heterocycles. The molecule has 1 heterocycles. The molecule has 0 aromatic heterocycles. The van der Waals surface area contributed by atoms with E-state index >= 15 is 0 Å². The zero-order valence-corrected chi connectivity index (χ0v) is 12.0. The number of aryl methyl sites for hydroxylation is 1. The Morgan fingerprint density at radius 3 is 2.85 bits per heavy atom. The van der Waals surface area contributed by atoms with Gasteiger partial charge in [-0.05, 0) is 43.5 Å². The average molecular weight is 279 g/mol. The second kappa shape index (κ2) is 6.81. The molecule has 1 aromatic carbocycles. The lowest BCUT2D eigenvalue weighted by molar-refractivity contribution is -0.123. The SMILES string of the molecule is Cc1cc(F)ccc1CCNC(=O)C1CNC(C)CN1. The Labute approximate surface area is 119 Å². The Balaban J connectivity index is 1.76. The molecule has 2 rings (SSSR count). The van der Waals surface area contributed by atoms with Gasteiger partial charge in [0.15, 0.2) is 0 Å². The number of carbonyl (C=O) groups is 1. The first-order valence-electron chi connectivity index (χ1n) is 7.06. The smallest absolute Gasteiger partial charge is 0.238 e. The number of hydrogen-bond donors (Lipinski definition) is 3. The van der Waals surface area contributed by atoms with Crippen molar-refractivity contribution in [3.8, 4) is 0 Å². The Morgan fingerprint density at radius 1 is 1.40 bits per heavy atom. The van der Waals surface area contributed by atoms with Crippen LogP contribution in [0.2, 0.25) is 0 Å². The van der Waals surface area contributed by atoms with Crippen molar-refractivity contribution in [2.24, 2.45) is 0 Å². The van der Waals surface area contributed by atoms with Gasteiger partial charge in [0.05, 0.1) is 6.04 Å². The quantitative estimate of drug-likeness (QED) is 0.762. The van der Waals surface area contributed by atoms with Crippen LogP contribution in [0, 0.1) is 12.7 Å². The topological polar surface area (TPSA) is 53.2 Å². The number of nitrogens with one attached hydrogen (secondary N) is 3. The maximum absolute atomic E-state index is 13.0. The van der Waals surface area contributed by atoms with Crippen LogP contribution in [0.3, 0.4) is 0 Å². The molecule has 20 heavy (non-hydrogen) atoms. The summed E-state index contributed by atoms with van der Waals surface area (Å²) in [6, 6.07) is 4.99. The summed E-state index contributed by atoms with van der Waals surface area (Å²) in [7, 11) is 0. The van der Waals surface area contributed by atoms with E-state index in [1.54, 1.807) is 6.07 Å². The van der Waals surface area contributed by atoms with Crippen LogP contribution >= 0.6 is 0 Å². The lowest BCUT2D eigenvalue weighted by Crippen LogP contribution is -2.59. The zero-order valence-electron chi connectivity index (χ0n) is 12.0. The predicted octanol–water partition coefficient (Wildman–Crippen LogP) is 0.743. The van der Waals surface area contributed by atoms with E-state index < -0.39 is 0 Å². The minimum Gasteiger partial charge on any atom is -0.354 e. The molecule has 1 amide bonds. The molecule has 1 aliphatic rings. The van der Waals surface area contributed by atoms with E-state index in [4.69, 9.17) is 0 Å². The lowest BCUT2D eigenvalue weighted by atomic mass is 10.1. The van der Waals surface area contributed by atoms with Crippen LogP contribution in [0.4, 0.5) is 4.39 Å². The predicted molar refractivity (Wildman–Crippen MR) is 77.1 cm³/mol. The third-order valence-electron chi connectivity index (χ3n) is 3.66. The highest BCUT2D eigenvalue weighted by Gasteiger charge is 2.22. The van der Waals surface area contributed by atoms with Crippen LogP contribution in [-0.4, -0.2) is 37.6 Å². The van der Waals surface area contributed by atoms with Crippen molar-refractivity contribution >= 4 is 5.91 Å². The number of rotatable bonds is 4. The summed E-state index contributed by atoms with van der Waals surface area (Å²) in [5.74, 6) is -0.203. The molecule has 1 aromatic rings. The zero-order chi connectivity index (χ0) is 14.5. The van der Waals surface area contributed by atoms with E-state index in [1.807, 2.05) is 6.92 Å². The fraction of sp³-hybridized carbons (Fsp3) is 0.533. The van der Waals surface area contributed by atoms with Crippen molar-refractivity contribution in [1.29, 1.82) is 0 Å². The van der Waals surface area contributed by atoms with Gasteiger partial charge in [0.25, 0.3) is 0 Å². The van der Waals surface area contributed by atoms with Gasteiger partial charge < -0.3 is 16.0 Å². The van der Waals surface area contributed by atoms with Gasteiger partial charge >= 0.3 is 0 Å². The molecular weight excluding hydrogens is 257 g/mol. The molecule has 1 fully saturated rings. The summed E-state index contributed by atoms with van der Waals surface area (Å²) in [5.41, 5.74) is 1.99. The fourth-order valence-electron chi connectivity index (χ4n) is 2.35. The summed E-state index contributed by atoms with van der Waals surface area (Å²) in [5, 5.41) is 9.41. The number of benzene rings is 1. The van der Waals surface area contributed by atoms with Crippen LogP contribution < -0.4 is 16.0 Å². The van der Waals surface area contributed by atoms with Gasteiger partial charge in [-0.15, -0.1) is 0 Å². The number of hydrogen-bond acceptors (Lipinski definition) is 3. The summed E-state index contributed by atoms with van der Waals surface area (Å²) in [6.07, 6.45) is 0.717. The first kappa shape index (κ1) is 14.9. The minimum atomic E-state index is -0.220. The van der Waals surface area contributed by atoms with Gasteiger partial charge in [-0.3, -0.25) is 4.79 Å². The summed E-state index contributed by atoms with van der Waals surface area (Å²) >= 11 is 0. The molecular formula is C15H22FN3O. The van der Waals surface area contributed by atoms with Gasteiger partial charge in [-0.2, -0.15) is 0 Å². The van der Waals surface area contributed by atoms with Crippen molar-refractivity contribution in [3.05, 3.63) is 35.1 Å². The molecule has 110 valence electrons. The van der Waals surface area contributed by atoms with Crippen molar-refractivity contribution in [3.63, 3.8) is 0 Å². The molecule has 2 atom stereocenters. The third-order valence-corrected chi connectivity index (χ3v) is 3.66. The minimum absolute atomic E-state index is 0.0177. The van der Waals surface area contributed by atoms with E-state index in [9.17, 15) is 9.18 Å². The van der Waals surface area contributed by atoms with Crippen molar-refractivity contribution in [2.45, 2.75) is 32.4 Å². The van der Waals surface area contributed by atoms with Gasteiger partial charge in [-0.25, -0.2) is 4.39 Å². The summed E-state index contributed by atoms with van der Waals surface area (Å²) in [4.78, 5) is 12.0. The maximum atomic E-state index is 13.0. The van der Waals surface area contributed by atoms with Gasteiger partial charge in [0, 0.05) is 25.7 Å².